The van der Waals surface area contributed by atoms with E-state index in [4.69, 9.17) is 17.3 Å². The van der Waals surface area contributed by atoms with E-state index < -0.39 is 15.8 Å². The van der Waals surface area contributed by atoms with Gasteiger partial charge in [0.25, 0.3) is 0 Å². The van der Waals surface area contributed by atoms with Crippen LogP contribution in [0.25, 0.3) is 0 Å². The van der Waals surface area contributed by atoms with Gasteiger partial charge in [0.05, 0.1) is 9.92 Å². The minimum Gasteiger partial charge on any atom is -0.326 e. The molecule has 20 heavy (non-hydrogen) atoms. The molecule has 112 valence electrons. The lowest BCUT2D eigenvalue weighted by Crippen LogP contribution is -2.35. The summed E-state index contributed by atoms with van der Waals surface area (Å²) in [5, 5.41) is -0.111. The molecular formula is C13H18ClFN2O2S. The van der Waals surface area contributed by atoms with E-state index in [1.165, 1.54) is 10.4 Å². The molecule has 0 spiro atoms. The Morgan fingerprint density at radius 1 is 1.50 bits per heavy atom. The molecule has 0 amide bonds. The van der Waals surface area contributed by atoms with Crippen LogP contribution in [-0.4, -0.2) is 25.3 Å². The number of sulfonamides is 1. The Balaban J connectivity index is 2.47. The van der Waals surface area contributed by atoms with Crippen molar-refractivity contribution < 1.29 is 12.8 Å². The molecule has 0 aliphatic carbocycles. The molecule has 1 aliphatic rings. The average molecular weight is 321 g/mol. The van der Waals surface area contributed by atoms with Crippen LogP contribution in [0.15, 0.2) is 17.0 Å². The molecule has 1 aromatic carbocycles. The van der Waals surface area contributed by atoms with Crippen molar-refractivity contribution >= 4 is 21.6 Å². The average Bonchev–Trinajstić information content (AvgIpc) is 2.90. The Labute approximate surface area is 123 Å². The fourth-order valence-electron chi connectivity index (χ4n) is 2.58. The van der Waals surface area contributed by atoms with Crippen LogP contribution in [0, 0.1) is 5.82 Å². The highest BCUT2D eigenvalue weighted by molar-refractivity contribution is 7.89. The zero-order chi connectivity index (χ0) is 14.9. The molecule has 1 atom stereocenters. The minimum absolute atomic E-state index is 0.00365. The second-order valence-corrected chi connectivity index (χ2v) is 7.17. The Bertz CT molecular complexity index is 607. The van der Waals surface area contributed by atoms with Gasteiger partial charge in [-0.15, -0.1) is 0 Å². The van der Waals surface area contributed by atoms with Gasteiger partial charge in [-0.1, -0.05) is 18.5 Å². The van der Waals surface area contributed by atoms with E-state index >= 15 is 0 Å². The van der Waals surface area contributed by atoms with E-state index in [9.17, 15) is 12.8 Å². The van der Waals surface area contributed by atoms with Crippen LogP contribution in [0.3, 0.4) is 0 Å². The lowest BCUT2D eigenvalue weighted by molar-refractivity contribution is 0.379. The first-order valence-electron chi connectivity index (χ1n) is 6.61. The number of benzene rings is 1. The van der Waals surface area contributed by atoms with Gasteiger partial charge in [-0.3, -0.25) is 0 Å². The molecule has 0 bridgehead atoms. The van der Waals surface area contributed by atoms with Gasteiger partial charge in [0.1, 0.15) is 5.82 Å². The Kier molecular flexibility index (Phi) is 4.69. The van der Waals surface area contributed by atoms with Crippen LogP contribution in [0.2, 0.25) is 5.02 Å². The van der Waals surface area contributed by atoms with Crippen molar-refractivity contribution in [2.75, 3.05) is 6.54 Å². The molecule has 1 heterocycles. The van der Waals surface area contributed by atoms with Crippen molar-refractivity contribution in [3.8, 4) is 0 Å². The largest absolute Gasteiger partial charge is 0.326 e. The number of halogens is 2. The van der Waals surface area contributed by atoms with Crippen LogP contribution in [0.4, 0.5) is 4.39 Å². The summed E-state index contributed by atoms with van der Waals surface area (Å²) in [4.78, 5) is -0.0693. The van der Waals surface area contributed by atoms with Gasteiger partial charge in [0.15, 0.2) is 0 Å². The first kappa shape index (κ1) is 15.7. The molecule has 0 aromatic heterocycles. The third-order valence-corrected chi connectivity index (χ3v) is 6.05. The number of rotatable bonds is 4. The summed E-state index contributed by atoms with van der Waals surface area (Å²) in [6.07, 6.45) is 2.42. The van der Waals surface area contributed by atoms with E-state index in [0.717, 1.165) is 25.3 Å². The molecule has 2 rings (SSSR count). The lowest BCUT2D eigenvalue weighted by Gasteiger charge is -2.23. The number of nitrogens with zero attached hydrogens (tertiary/aromatic N) is 1. The fraction of sp³-hybridized carbons (Fsp3) is 0.538. The maximum atomic E-state index is 13.8. The van der Waals surface area contributed by atoms with Gasteiger partial charge < -0.3 is 5.73 Å². The third-order valence-electron chi connectivity index (χ3n) is 3.70. The van der Waals surface area contributed by atoms with Gasteiger partial charge in [-0.2, -0.15) is 4.31 Å². The van der Waals surface area contributed by atoms with Crippen LogP contribution < -0.4 is 5.73 Å². The van der Waals surface area contributed by atoms with E-state index in [1.54, 1.807) is 0 Å². The van der Waals surface area contributed by atoms with Crippen LogP contribution in [0.5, 0.6) is 0 Å². The molecule has 1 saturated heterocycles. The topological polar surface area (TPSA) is 63.4 Å². The van der Waals surface area contributed by atoms with Gasteiger partial charge in [0.2, 0.25) is 10.0 Å². The zero-order valence-electron chi connectivity index (χ0n) is 11.3. The normalized spacial score (nSPS) is 20.5. The van der Waals surface area contributed by atoms with E-state index in [1.807, 2.05) is 6.92 Å². The predicted molar refractivity (Wildman–Crippen MR) is 76.5 cm³/mol. The summed E-state index contributed by atoms with van der Waals surface area (Å²) < 4.78 is 40.4. The summed E-state index contributed by atoms with van der Waals surface area (Å²) >= 11 is 5.77. The number of hydrogen-bond donors (Lipinski definition) is 1. The standard InChI is InChI=1S/C13H18ClFN2O2S/c1-2-10-4-3-5-17(10)20(18,19)11-6-9(8-16)13(14)12(15)7-11/h6-7,10H,2-5,8,16H2,1H3. The third kappa shape index (κ3) is 2.70. The predicted octanol–water partition coefficient (Wildman–Crippen LogP) is 2.50. The van der Waals surface area contributed by atoms with Crippen molar-refractivity contribution in [1.82, 2.24) is 4.31 Å². The summed E-state index contributed by atoms with van der Waals surface area (Å²) in [7, 11) is -3.69. The second-order valence-electron chi connectivity index (χ2n) is 4.90. The van der Waals surface area contributed by atoms with Gasteiger partial charge >= 0.3 is 0 Å². The lowest BCUT2D eigenvalue weighted by atomic mass is 10.2. The smallest absolute Gasteiger partial charge is 0.243 e. The zero-order valence-corrected chi connectivity index (χ0v) is 12.8. The Morgan fingerprint density at radius 2 is 2.20 bits per heavy atom. The molecule has 1 fully saturated rings. The van der Waals surface area contributed by atoms with Crippen molar-refractivity contribution in [3.63, 3.8) is 0 Å². The van der Waals surface area contributed by atoms with Crippen molar-refractivity contribution in [3.05, 3.63) is 28.5 Å². The number of nitrogens with two attached hydrogens (primary N) is 1. The highest BCUT2D eigenvalue weighted by atomic mass is 35.5. The Morgan fingerprint density at radius 3 is 2.80 bits per heavy atom. The highest BCUT2D eigenvalue weighted by Gasteiger charge is 2.34. The van der Waals surface area contributed by atoms with Crippen molar-refractivity contribution in [1.29, 1.82) is 0 Å². The van der Waals surface area contributed by atoms with Crippen LogP contribution in [-0.2, 0) is 16.6 Å². The molecule has 1 aromatic rings. The minimum atomic E-state index is -3.69. The molecule has 0 saturated carbocycles. The van der Waals surface area contributed by atoms with Crippen molar-refractivity contribution in [2.24, 2.45) is 5.73 Å². The van der Waals surface area contributed by atoms with Crippen molar-refractivity contribution in [2.45, 2.75) is 43.7 Å². The first-order valence-corrected chi connectivity index (χ1v) is 8.43. The van der Waals surface area contributed by atoms with Crippen LogP contribution >= 0.6 is 11.6 Å². The maximum Gasteiger partial charge on any atom is 0.243 e. The molecule has 2 N–H and O–H groups in total. The summed E-state index contributed by atoms with van der Waals surface area (Å²) in [6.45, 7) is 2.42. The number of hydrogen-bond acceptors (Lipinski definition) is 3. The van der Waals surface area contributed by atoms with Gasteiger partial charge in [0, 0.05) is 19.1 Å². The molecule has 7 heteroatoms. The van der Waals surface area contributed by atoms with Gasteiger partial charge in [-0.25, -0.2) is 12.8 Å². The Hall–Kier alpha value is -0.690. The monoisotopic (exact) mass is 320 g/mol. The maximum absolute atomic E-state index is 13.8. The van der Waals surface area contributed by atoms with E-state index in [2.05, 4.69) is 0 Å². The van der Waals surface area contributed by atoms with E-state index in [0.29, 0.717) is 12.1 Å². The van der Waals surface area contributed by atoms with Gasteiger partial charge in [-0.05, 0) is 37.0 Å². The molecule has 0 radical (unpaired) electrons. The highest BCUT2D eigenvalue weighted by Crippen LogP contribution is 2.30. The second kappa shape index (κ2) is 5.97. The molecule has 1 aliphatic heterocycles. The summed E-state index contributed by atoms with van der Waals surface area (Å²) in [5.41, 5.74) is 5.78. The summed E-state index contributed by atoms with van der Waals surface area (Å²) in [6, 6.07) is 2.33. The molecule has 1 unspecified atom stereocenters. The first-order chi connectivity index (χ1) is 9.41. The quantitative estimate of drug-likeness (QED) is 0.927. The van der Waals surface area contributed by atoms with E-state index in [-0.39, 0.29) is 22.5 Å². The molecule has 4 nitrogen and oxygen atoms in total. The fourth-order valence-corrected chi connectivity index (χ4v) is 4.60. The molecular weight excluding hydrogens is 303 g/mol. The summed E-state index contributed by atoms with van der Waals surface area (Å²) in [5.74, 6) is -0.750. The van der Waals surface area contributed by atoms with Crippen LogP contribution in [0.1, 0.15) is 31.7 Å². The SMILES string of the molecule is CCC1CCCN1S(=O)(=O)c1cc(F)c(Cl)c(CN)c1.